The second kappa shape index (κ2) is 5.53. The van der Waals surface area contributed by atoms with E-state index in [0.29, 0.717) is 11.3 Å². The van der Waals surface area contributed by atoms with E-state index in [1.165, 1.54) is 0 Å². The topological polar surface area (TPSA) is 42.0 Å². The molecule has 2 aromatic rings. The van der Waals surface area contributed by atoms with Gasteiger partial charge >= 0.3 is 0 Å². The molecule has 1 amide bonds. The molecule has 0 saturated carbocycles. The molecule has 0 saturated heterocycles. The van der Waals surface area contributed by atoms with Gasteiger partial charge in [0.25, 0.3) is 5.91 Å². The minimum absolute atomic E-state index is 0.110. The Labute approximate surface area is 121 Å². The molecule has 0 aliphatic heterocycles. The van der Waals surface area contributed by atoms with Gasteiger partial charge in [-0.15, -0.1) is 0 Å². The maximum atomic E-state index is 12.2. The van der Waals surface area contributed by atoms with Crippen molar-refractivity contribution >= 4 is 27.5 Å². The number of benzene rings is 1. The van der Waals surface area contributed by atoms with E-state index in [1.54, 1.807) is 6.20 Å². The zero-order valence-electron chi connectivity index (χ0n) is 11.1. The van der Waals surface area contributed by atoms with Crippen molar-refractivity contribution < 1.29 is 4.79 Å². The van der Waals surface area contributed by atoms with Crippen LogP contribution in [0.3, 0.4) is 0 Å². The van der Waals surface area contributed by atoms with Crippen LogP contribution in [0.4, 0.5) is 5.69 Å². The van der Waals surface area contributed by atoms with E-state index in [2.05, 4.69) is 26.2 Å². The highest BCUT2D eigenvalue weighted by Crippen LogP contribution is 2.18. The minimum Gasteiger partial charge on any atom is -0.321 e. The smallest absolute Gasteiger partial charge is 0.255 e. The maximum Gasteiger partial charge on any atom is 0.255 e. The Bertz CT molecular complexity index is 638. The maximum absolute atomic E-state index is 12.2. The van der Waals surface area contributed by atoms with Crippen LogP contribution >= 0.6 is 15.9 Å². The van der Waals surface area contributed by atoms with Gasteiger partial charge in [-0.05, 0) is 60.0 Å². The summed E-state index contributed by atoms with van der Waals surface area (Å²) in [4.78, 5) is 16.4. The van der Waals surface area contributed by atoms with E-state index in [-0.39, 0.29) is 5.91 Å². The molecule has 1 aromatic heterocycles. The summed E-state index contributed by atoms with van der Waals surface area (Å²) >= 11 is 3.34. The Morgan fingerprint density at radius 1 is 1.16 bits per heavy atom. The summed E-state index contributed by atoms with van der Waals surface area (Å²) in [6.07, 6.45) is 1.64. The molecule has 3 nitrogen and oxygen atoms in total. The molecule has 0 radical (unpaired) electrons. The van der Waals surface area contributed by atoms with Crippen molar-refractivity contribution in [2.24, 2.45) is 0 Å². The van der Waals surface area contributed by atoms with Crippen molar-refractivity contribution in [3.63, 3.8) is 0 Å². The number of rotatable bonds is 2. The van der Waals surface area contributed by atoms with Gasteiger partial charge < -0.3 is 5.32 Å². The molecule has 0 unspecified atom stereocenters. The average molecular weight is 319 g/mol. The molecule has 4 heteroatoms. The Kier molecular flexibility index (Phi) is 4.00. The van der Waals surface area contributed by atoms with Gasteiger partial charge in [0, 0.05) is 5.56 Å². The lowest BCUT2D eigenvalue weighted by atomic mass is 10.1. The molecule has 0 aliphatic rings. The average Bonchev–Trinajstić information content (AvgIpc) is 2.33. The number of pyridine rings is 1. The highest BCUT2D eigenvalue weighted by molar-refractivity contribution is 9.10. The Hall–Kier alpha value is -1.68. The molecule has 0 fully saturated rings. The number of nitrogens with zero attached hydrogens (tertiary/aromatic N) is 1. The molecular weight excluding hydrogens is 304 g/mol. The van der Waals surface area contributed by atoms with Gasteiger partial charge in [-0.25, -0.2) is 4.98 Å². The highest BCUT2D eigenvalue weighted by atomic mass is 79.9. The molecule has 2 rings (SSSR count). The van der Waals surface area contributed by atoms with Crippen LogP contribution in [0, 0.1) is 20.8 Å². The first-order valence-electron chi connectivity index (χ1n) is 5.98. The number of aromatic nitrogens is 1. The summed E-state index contributed by atoms with van der Waals surface area (Å²) in [6.45, 7) is 5.88. The van der Waals surface area contributed by atoms with Crippen LogP contribution in [0.25, 0.3) is 0 Å². The van der Waals surface area contributed by atoms with E-state index in [0.717, 1.165) is 21.3 Å². The van der Waals surface area contributed by atoms with E-state index in [9.17, 15) is 4.79 Å². The van der Waals surface area contributed by atoms with Gasteiger partial charge in [-0.2, -0.15) is 0 Å². The van der Waals surface area contributed by atoms with Crippen molar-refractivity contribution in [1.29, 1.82) is 0 Å². The van der Waals surface area contributed by atoms with Gasteiger partial charge in [-0.3, -0.25) is 4.79 Å². The third-order valence-corrected chi connectivity index (χ3v) is 3.73. The lowest BCUT2D eigenvalue weighted by molar-refractivity contribution is 0.102. The number of nitrogens with one attached hydrogen (secondary N) is 1. The number of halogens is 1. The summed E-state index contributed by atoms with van der Waals surface area (Å²) < 4.78 is 0.789. The highest BCUT2D eigenvalue weighted by Gasteiger charge is 2.10. The number of aryl methyl sites for hydroxylation is 3. The molecule has 98 valence electrons. The second-order valence-electron chi connectivity index (χ2n) is 4.60. The van der Waals surface area contributed by atoms with Gasteiger partial charge in [0.1, 0.15) is 4.60 Å². The van der Waals surface area contributed by atoms with Crippen LogP contribution < -0.4 is 5.32 Å². The number of hydrogen-bond donors (Lipinski definition) is 1. The Morgan fingerprint density at radius 3 is 2.53 bits per heavy atom. The van der Waals surface area contributed by atoms with Gasteiger partial charge in [0.15, 0.2) is 0 Å². The first kappa shape index (κ1) is 13.7. The SMILES string of the molecule is Cc1ccc(C(=O)Nc2cnc(Br)c(C)c2)c(C)c1. The predicted molar refractivity (Wildman–Crippen MR) is 80.5 cm³/mol. The monoisotopic (exact) mass is 318 g/mol. The molecule has 19 heavy (non-hydrogen) atoms. The molecule has 0 aliphatic carbocycles. The number of carbonyl (C=O) groups excluding carboxylic acids is 1. The lowest BCUT2D eigenvalue weighted by Crippen LogP contribution is -2.13. The first-order chi connectivity index (χ1) is 8.97. The van der Waals surface area contributed by atoms with Crippen molar-refractivity contribution in [2.75, 3.05) is 5.32 Å². The van der Waals surface area contributed by atoms with Crippen molar-refractivity contribution in [2.45, 2.75) is 20.8 Å². The first-order valence-corrected chi connectivity index (χ1v) is 6.77. The molecule has 1 aromatic carbocycles. The van der Waals surface area contributed by atoms with Gasteiger partial charge in [0.2, 0.25) is 0 Å². The quantitative estimate of drug-likeness (QED) is 0.850. The van der Waals surface area contributed by atoms with Crippen molar-refractivity contribution in [3.05, 3.63) is 57.3 Å². The Morgan fingerprint density at radius 2 is 1.89 bits per heavy atom. The fourth-order valence-electron chi connectivity index (χ4n) is 1.89. The van der Waals surface area contributed by atoms with E-state index in [1.807, 2.05) is 45.0 Å². The molecular formula is C15H15BrN2O. The third kappa shape index (κ3) is 3.20. The molecule has 0 atom stereocenters. The summed E-state index contributed by atoms with van der Waals surface area (Å²) in [5.74, 6) is -0.110. The van der Waals surface area contributed by atoms with Crippen LogP contribution in [0.1, 0.15) is 27.0 Å². The van der Waals surface area contributed by atoms with E-state index >= 15 is 0 Å². The van der Waals surface area contributed by atoms with E-state index in [4.69, 9.17) is 0 Å². The minimum atomic E-state index is -0.110. The van der Waals surface area contributed by atoms with Crippen LogP contribution in [-0.2, 0) is 0 Å². The van der Waals surface area contributed by atoms with E-state index < -0.39 is 0 Å². The molecule has 1 N–H and O–H groups in total. The molecule has 0 bridgehead atoms. The largest absolute Gasteiger partial charge is 0.321 e. The summed E-state index contributed by atoms with van der Waals surface area (Å²) in [5.41, 5.74) is 4.49. The van der Waals surface area contributed by atoms with Crippen LogP contribution in [-0.4, -0.2) is 10.9 Å². The predicted octanol–water partition coefficient (Wildman–Crippen LogP) is 4.02. The van der Waals surface area contributed by atoms with Gasteiger partial charge in [-0.1, -0.05) is 17.7 Å². The fraction of sp³-hybridized carbons (Fsp3) is 0.200. The second-order valence-corrected chi connectivity index (χ2v) is 5.36. The zero-order valence-corrected chi connectivity index (χ0v) is 12.7. The zero-order chi connectivity index (χ0) is 14.0. The number of amides is 1. The Balaban J connectivity index is 2.23. The summed E-state index contributed by atoms with van der Waals surface area (Å²) in [7, 11) is 0. The number of carbonyl (C=O) groups is 1. The standard InChI is InChI=1S/C15H15BrN2O/c1-9-4-5-13(10(2)6-9)15(19)18-12-7-11(3)14(16)17-8-12/h4-8H,1-3H3,(H,18,19). The van der Waals surface area contributed by atoms with Crippen LogP contribution in [0.5, 0.6) is 0 Å². The summed E-state index contributed by atoms with van der Waals surface area (Å²) in [5, 5.41) is 2.86. The van der Waals surface area contributed by atoms with Crippen LogP contribution in [0.15, 0.2) is 35.1 Å². The molecule has 0 spiro atoms. The van der Waals surface area contributed by atoms with Crippen molar-refractivity contribution in [1.82, 2.24) is 4.98 Å². The number of anilines is 1. The lowest BCUT2D eigenvalue weighted by Gasteiger charge is -2.09. The number of hydrogen-bond acceptors (Lipinski definition) is 2. The summed E-state index contributed by atoms with van der Waals surface area (Å²) in [6, 6.07) is 7.67. The van der Waals surface area contributed by atoms with Gasteiger partial charge in [0.05, 0.1) is 11.9 Å². The molecule has 1 heterocycles. The normalized spacial score (nSPS) is 10.3. The third-order valence-electron chi connectivity index (χ3n) is 2.90. The van der Waals surface area contributed by atoms with Crippen molar-refractivity contribution in [3.8, 4) is 0 Å². The van der Waals surface area contributed by atoms with Crippen LogP contribution in [0.2, 0.25) is 0 Å². The fourth-order valence-corrected chi connectivity index (χ4v) is 2.11.